The van der Waals surface area contributed by atoms with Crippen molar-refractivity contribution in [1.29, 1.82) is 0 Å². The Kier molecular flexibility index (Phi) is 2.26. The van der Waals surface area contributed by atoms with Crippen molar-refractivity contribution in [3.63, 3.8) is 0 Å². The second kappa shape index (κ2) is 3.76. The molecule has 1 aromatic heterocycles. The molecule has 1 unspecified atom stereocenters. The molecule has 1 N–H and O–H groups in total. The van der Waals surface area contributed by atoms with Gasteiger partial charge in [-0.05, 0) is 12.5 Å². The van der Waals surface area contributed by atoms with Gasteiger partial charge >= 0.3 is 0 Å². The third-order valence-corrected chi connectivity index (χ3v) is 3.20. The van der Waals surface area contributed by atoms with Crippen LogP contribution in [0.3, 0.4) is 0 Å². The molecule has 1 aromatic carbocycles. The van der Waals surface area contributed by atoms with Gasteiger partial charge in [0, 0.05) is 18.2 Å². The van der Waals surface area contributed by atoms with Crippen LogP contribution in [0.2, 0.25) is 0 Å². The van der Waals surface area contributed by atoms with Crippen LogP contribution in [0.25, 0.3) is 0 Å². The smallest absolute Gasteiger partial charge is 0.0663 e. The third kappa shape index (κ3) is 1.53. The molecule has 1 aliphatic rings. The van der Waals surface area contributed by atoms with Crippen molar-refractivity contribution in [2.45, 2.75) is 26.1 Å². The van der Waals surface area contributed by atoms with Gasteiger partial charge in [0.1, 0.15) is 0 Å². The highest BCUT2D eigenvalue weighted by Gasteiger charge is 2.22. The van der Waals surface area contributed by atoms with Crippen molar-refractivity contribution in [2.24, 2.45) is 0 Å². The molecular weight excluding hydrogens is 198 g/mol. The summed E-state index contributed by atoms with van der Waals surface area (Å²) in [6.45, 7) is 3.98. The van der Waals surface area contributed by atoms with Crippen LogP contribution in [0.5, 0.6) is 0 Å². The Morgan fingerprint density at radius 2 is 2.19 bits per heavy atom. The van der Waals surface area contributed by atoms with Crippen LogP contribution in [-0.2, 0) is 13.1 Å². The summed E-state index contributed by atoms with van der Waals surface area (Å²) < 4.78 is 2.10. The molecule has 0 bridgehead atoms. The molecule has 82 valence electrons. The largest absolute Gasteiger partial charge is 0.304 e. The van der Waals surface area contributed by atoms with Crippen LogP contribution < -0.4 is 5.32 Å². The molecule has 1 atom stereocenters. The zero-order chi connectivity index (χ0) is 11.0. The van der Waals surface area contributed by atoms with E-state index in [1.54, 1.807) is 0 Å². The molecule has 0 radical (unpaired) electrons. The number of rotatable bonds is 2. The van der Waals surface area contributed by atoms with E-state index in [1.807, 2.05) is 12.3 Å². The minimum atomic E-state index is 0.444. The summed E-state index contributed by atoms with van der Waals surface area (Å²) in [5.74, 6) is 0. The predicted octanol–water partition coefficient (Wildman–Crippen LogP) is 2.10. The van der Waals surface area contributed by atoms with E-state index >= 15 is 0 Å². The number of benzene rings is 1. The van der Waals surface area contributed by atoms with Crippen molar-refractivity contribution in [1.82, 2.24) is 15.1 Å². The number of nitrogens with one attached hydrogen (secondary N) is 1. The Bertz CT molecular complexity index is 487. The fraction of sp³-hybridized carbons (Fsp3) is 0.308. The fourth-order valence-corrected chi connectivity index (χ4v) is 2.23. The first kappa shape index (κ1) is 9.60. The third-order valence-electron chi connectivity index (χ3n) is 3.20. The second-order valence-corrected chi connectivity index (χ2v) is 4.29. The van der Waals surface area contributed by atoms with E-state index in [4.69, 9.17) is 0 Å². The van der Waals surface area contributed by atoms with Gasteiger partial charge < -0.3 is 5.32 Å². The lowest BCUT2D eigenvalue weighted by molar-refractivity contribution is 0.588. The standard InChI is InChI=1S/C13H15N3/c1-10-12-7-15-16(13(12)8-14-10)9-11-5-3-2-4-6-11/h2-7,10,14H,8-9H2,1H3. The molecule has 1 aliphatic heterocycles. The maximum atomic E-state index is 4.46. The molecule has 3 nitrogen and oxygen atoms in total. The van der Waals surface area contributed by atoms with E-state index < -0.39 is 0 Å². The van der Waals surface area contributed by atoms with Crippen molar-refractivity contribution in [3.8, 4) is 0 Å². The maximum Gasteiger partial charge on any atom is 0.0663 e. The van der Waals surface area contributed by atoms with E-state index in [0.717, 1.165) is 13.1 Å². The lowest BCUT2D eigenvalue weighted by Crippen LogP contribution is -2.11. The summed E-state index contributed by atoms with van der Waals surface area (Å²) in [6.07, 6.45) is 1.99. The van der Waals surface area contributed by atoms with Crippen molar-refractivity contribution in [3.05, 3.63) is 53.3 Å². The first-order valence-electron chi connectivity index (χ1n) is 5.66. The molecule has 0 spiro atoms. The molecule has 2 aromatic rings. The summed E-state index contributed by atoms with van der Waals surface area (Å²) in [4.78, 5) is 0. The summed E-state index contributed by atoms with van der Waals surface area (Å²) in [5.41, 5.74) is 3.97. The van der Waals surface area contributed by atoms with Gasteiger partial charge in [-0.3, -0.25) is 4.68 Å². The Hall–Kier alpha value is -1.61. The van der Waals surface area contributed by atoms with E-state index in [-0.39, 0.29) is 0 Å². The minimum absolute atomic E-state index is 0.444. The molecule has 16 heavy (non-hydrogen) atoms. The number of nitrogens with zero attached hydrogens (tertiary/aromatic N) is 2. The van der Waals surface area contributed by atoms with E-state index in [9.17, 15) is 0 Å². The van der Waals surface area contributed by atoms with Gasteiger partial charge in [-0.2, -0.15) is 5.10 Å². The Balaban J connectivity index is 1.89. The summed E-state index contributed by atoms with van der Waals surface area (Å²) >= 11 is 0. The molecular formula is C13H15N3. The molecule has 2 heterocycles. The summed E-state index contributed by atoms with van der Waals surface area (Å²) in [7, 11) is 0. The van der Waals surface area contributed by atoms with Crippen molar-refractivity contribution < 1.29 is 0 Å². The monoisotopic (exact) mass is 213 g/mol. The quantitative estimate of drug-likeness (QED) is 0.828. The lowest BCUT2D eigenvalue weighted by atomic mass is 10.2. The van der Waals surface area contributed by atoms with Gasteiger partial charge in [-0.15, -0.1) is 0 Å². The zero-order valence-corrected chi connectivity index (χ0v) is 9.35. The minimum Gasteiger partial charge on any atom is -0.304 e. The average molecular weight is 213 g/mol. The van der Waals surface area contributed by atoms with E-state index in [1.165, 1.54) is 16.8 Å². The average Bonchev–Trinajstić information content (AvgIpc) is 2.86. The topological polar surface area (TPSA) is 29.9 Å². The SMILES string of the molecule is CC1NCc2c1cnn2Cc1ccccc1. The highest BCUT2D eigenvalue weighted by molar-refractivity contribution is 5.27. The van der Waals surface area contributed by atoms with Gasteiger partial charge in [0.2, 0.25) is 0 Å². The van der Waals surface area contributed by atoms with Crippen LogP contribution >= 0.6 is 0 Å². The molecule has 3 rings (SSSR count). The zero-order valence-electron chi connectivity index (χ0n) is 9.35. The number of aromatic nitrogens is 2. The molecule has 0 fully saturated rings. The first-order chi connectivity index (χ1) is 7.84. The second-order valence-electron chi connectivity index (χ2n) is 4.29. The molecule has 0 saturated carbocycles. The normalized spacial score (nSPS) is 18.7. The molecule has 0 saturated heterocycles. The molecule has 3 heteroatoms. The Labute approximate surface area is 95.1 Å². The number of hydrogen-bond donors (Lipinski definition) is 1. The van der Waals surface area contributed by atoms with Gasteiger partial charge in [0.15, 0.2) is 0 Å². The van der Waals surface area contributed by atoms with Crippen LogP contribution in [-0.4, -0.2) is 9.78 Å². The summed E-state index contributed by atoms with van der Waals surface area (Å²) in [5, 5.41) is 7.89. The maximum absolute atomic E-state index is 4.46. The Morgan fingerprint density at radius 1 is 1.38 bits per heavy atom. The highest BCUT2D eigenvalue weighted by Crippen LogP contribution is 2.24. The van der Waals surface area contributed by atoms with Crippen molar-refractivity contribution >= 4 is 0 Å². The summed E-state index contributed by atoms with van der Waals surface area (Å²) in [6, 6.07) is 10.9. The fourth-order valence-electron chi connectivity index (χ4n) is 2.23. The van der Waals surface area contributed by atoms with Gasteiger partial charge in [0.25, 0.3) is 0 Å². The van der Waals surface area contributed by atoms with Crippen LogP contribution in [0, 0.1) is 0 Å². The molecule has 0 amide bonds. The lowest BCUT2D eigenvalue weighted by Gasteiger charge is -2.05. The number of hydrogen-bond acceptors (Lipinski definition) is 2. The Morgan fingerprint density at radius 3 is 3.00 bits per heavy atom. The van der Waals surface area contributed by atoms with Crippen LogP contribution in [0.15, 0.2) is 36.5 Å². The van der Waals surface area contributed by atoms with E-state index in [0.29, 0.717) is 6.04 Å². The van der Waals surface area contributed by atoms with Gasteiger partial charge in [-0.25, -0.2) is 0 Å². The van der Waals surface area contributed by atoms with Crippen LogP contribution in [0.1, 0.15) is 29.8 Å². The highest BCUT2D eigenvalue weighted by atomic mass is 15.3. The van der Waals surface area contributed by atoms with Crippen LogP contribution in [0.4, 0.5) is 0 Å². The van der Waals surface area contributed by atoms with Crippen molar-refractivity contribution in [2.75, 3.05) is 0 Å². The van der Waals surface area contributed by atoms with E-state index in [2.05, 4.69) is 46.3 Å². The first-order valence-corrected chi connectivity index (χ1v) is 5.66. The number of fused-ring (bicyclic) bond motifs is 1. The van der Waals surface area contributed by atoms with Gasteiger partial charge in [0.05, 0.1) is 18.4 Å². The van der Waals surface area contributed by atoms with Gasteiger partial charge in [-0.1, -0.05) is 30.3 Å². The molecule has 0 aliphatic carbocycles. The predicted molar refractivity (Wildman–Crippen MR) is 63.0 cm³/mol.